The number of likely N-dealkylation sites (tertiary alicyclic amines) is 1. The van der Waals surface area contributed by atoms with E-state index in [4.69, 9.17) is 9.47 Å². The van der Waals surface area contributed by atoms with Crippen LogP contribution in [0, 0.1) is 0 Å². The van der Waals surface area contributed by atoms with Crippen molar-refractivity contribution in [3.05, 3.63) is 84.3 Å². The van der Waals surface area contributed by atoms with Gasteiger partial charge in [0.15, 0.2) is 5.82 Å². The van der Waals surface area contributed by atoms with Crippen molar-refractivity contribution in [3.8, 4) is 0 Å². The second-order valence-electron chi connectivity index (χ2n) is 13.9. The predicted octanol–water partition coefficient (Wildman–Crippen LogP) is 5.01. The Balaban J connectivity index is 1.46. The molecular formula is C37H50N6O6. The Morgan fingerprint density at radius 1 is 0.898 bits per heavy atom. The summed E-state index contributed by atoms with van der Waals surface area (Å²) in [7, 11) is 0. The van der Waals surface area contributed by atoms with E-state index in [9.17, 15) is 19.2 Å². The van der Waals surface area contributed by atoms with Gasteiger partial charge in [-0.2, -0.15) is 0 Å². The van der Waals surface area contributed by atoms with Gasteiger partial charge in [-0.1, -0.05) is 60.7 Å². The van der Waals surface area contributed by atoms with Crippen molar-refractivity contribution in [2.45, 2.75) is 96.6 Å². The number of imidazole rings is 1. The number of aromatic nitrogens is 2. The Bertz CT molecular complexity index is 1530. The summed E-state index contributed by atoms with van der Waals surface area (Å²) in [5, 5.41) is 8.07. The van der Waals surface area contributed by atoms with Gasteiger partial charge in [0.2, 0.25) is 11.8 Å². The molecule has 0 bridgehead atoms. The number of nitrogens with one attached hydrogen (secondary N) is 3. The van der Waals surface area contributed by atoms with Gasteiger partial charge >= 0.3 is 6.09 Å². The van der Waals surface area contributed by atoms with Gasteiger partial charge in [-0.15, -0.1) is 0 Å². The first-order valence-electron chi connectivity index (χ1n) is 16.9. The van der Waals surface area contributed by atoms with Gasteiger partial charge in [-0.25, -0.2) is 9.78 Å². The molecule has 12 heteroatoms. The van der Waals surface area contributed by atoms with E-state index in [0.29, 0.717) is 6.42 Å². The quantitative estimate of drug-likeness (QED) is 0.206. The molecule has 1 fully saturated rings. The third-order valence-electron chi connectivity index (χ3n) is 8.10. The van der Waals surface area contributed by atoms with E-state index in [2.05, 4.69) is 33.1 Å². The van der Waals surface area contributed by atoms with Gasteiger partial charge in [0, 0.05) is 19.3 Å². The van der Waals surface area contributed by atoms with Crippen LogP contribution < -0.4 is 16.0 Å². The first-order valence-corrected chi connectivity index (χ1v) is 16.9. The highest BCUT2D eigenvalue weighted by atomic mass is 16.6. The minimum absolute atomic E-state index is 0.0417. The summed E-state index contributed by atoms with van der Waals surface area (Å²) in [5.74, 6) is -0.894. The highest BCUT2D eigenvalue weighted by Gasteiger charge is 2.35. The molecule has 264 valence electrons. The van der Waals surface area contributed by atoms with E-state index in [1.54, 1.807) is 37.9 Å². The van der Waals surface area contributed by atoms with Crippen LogP contribution in [-0.4, -0.2) is 75.1 Å². The lowest BCUT2D eigenvalue weighted by atomic mass is 10.0. The van der Waals surface area contributed by atoms with Gasteiger partial charge in [0.1, 0.15) is 23.2 Å². The van der Waals surface area contributed by atoms with Gasteiger partial charge in [-0.3, -0.25) is 14.4 Å². The van der Waals surface area contributed by atoms with Crippen LogP contribution in [0.15, 0.2) is 73.2 Å². The summed E-state index contributed by atoms with van der Waals surface area (Å²) in [5.41, 5.74) is -0.0569. The summed E-state index contributed by atoms with van der Waals surface area (Å²) < 4.78 is 12.9. The molecule has 2 aromatic carbocycles. The zero-order valence-electron chi connectivity index (χ0n) is 29.2. The maximum atomic E-state index is 13.6. The molecule has 1 unspecified atom stereocenters. The van der Waals surface area contributed by atoms with Gasteiger partial charge < -0.3 is 34.9 Å². The summed E-state index contributed by atoms with van der Waals surface area (Å²) in [6, 6.07) is 18.0. The SMILES string of the molecule is CC(C)(C)OC(=O)NC(C)(C)C(=O)N[C@H](COCc1ccccc1)C(=O)Nc1cn(C(CCCc2ccccc2)C(=O)N2CCCC2)cn1. The molecule has 3 aromatic rings. The van der Waals surface area contributed by atoms with Crippen LogP contribution in [0.2, 0.25) is 0 Å². The Morgan fingerprint density at radius 2 is 1.53 bits per heavy atom. The fourth-order valence-electron chi connectivity index (χ4n) is 5.48. The number of ether oxygens (including phenoxy) is 2. The fraction of sp³-hybridized carbons (Fsp3) is 0.486. The molecule has 2 heterocycles. The molecule has 4 rings (SSSR count). The number of carbonyl (C=O) groups is 4. The topological polar surface area (TPSA) is 144 Å². The van der Waals surface area contributed by atoms with Crippen molar-refractivity contribution in [1.29, 1.82) is 0 Å². The first kappa shape index (κ1) is 37.1. The normalized spacial score (nSPS) is 14.5. The highest BCUT2D eigenvalue weighted by molar-refractivity contribution is 5.98. The van der Waals surface area contributed by atoms with E-state index < -0.39 is 41.1 Å². The Labute approximate surface area is 288 Å². The van der Waals surface area contributed by atoms with Crippen molar-refractivity contribution in [2.75, 3.05) is 25.0 Å². The van der Waals surface area contributed by atoms with E-state index in [0.717, 1.165) is 44.3 Å². The molecule has 1 saturated heterocycles. The zero-order valence-corrected chi connectivity index (χ0v) is 29.2. The molecule has 12 nitrogen and oxygen atoms in total. The number of carbonyl (C=O) groups excluding carboxylic acids is 4. The zero-order chi connectivity index (χ0) is 35.4. The molecule has 0 saturated carbocycles. The van der Waals surface area contributed by atoms with Crippen LogP contribution in [0.5, 0.6) is 0 Å². The van der Waals surface area contributed by atoms with Crippen molar-refractivity contribution in [1.82, 2.24) is 25.1 Å². The molecule has 4 amide bonds. The molecule has 49 heavy (non-hydrogen) atoms. The van der Waals surface area contributed by atoms with Crippen LogP contribution in [0.1, 0.15) is 77.5 Å². The van der Waals surface area contributed by atoms with Gasteiger partial charge in [0.05, 0.1) is 19.5 Å². The number of alkyl carbamates (subject to hydrolysis) is 1. The molecule has 1 aromatic heterocycles. The molecule has 0 aliphatic carbocycles. The largest absolute Gasteiger partial charge is 0.444 e. The molecule has 1 aliphatic heterocycles. The molecular weight excluding hydrogens is 624 g/mol. The maximum absolute atomic E-state index is 13.6. The standard InChI is InChI=1S/C37H50N6O6/c1-36(2,3)49-35(47)41-37(4,5)34(46)39-29(25-48-24-28-17-10-7-11-18-28)32(44)40-31-23-43(26-38-31)30(33(45)42-21-12-13-22-42)20-14-19-27-15-8-6-9-16-27/h6-11,15-18,23,26,29-30H,12-14,19-22,24-25H2,1-5H3,(H,39,46)(H,40,44)(H,41,47)/t29-,30?/m1/s1. The molecule has 0 spiro atoms. The van der Waals surface area contributed by atoms with E-state index in [1.165, 1.54) is 19.4 Å². The first-order chi connectivity index (χ1) is 23.3. The minimum Gasteiger partial charge on any atom is -0.444 e. The van der Waals surface area contributed by atoms with Crippen molar-refractivity contribution in [3.63, 3.8) is 0 Å². The predicted molar refractivity (Wildman–Crippen MR) is 187 cm³/mol. The number of benzene rings is 2. The van der Waals surface area contributed by atoms with Gasteiger partial charge in [-0.05, 0) is 77.8 Å². The number of rotatable bonds is 15. The Morgan fingerprint density at radius 3 is 2.16 bits per heavy atom. The van der Waals surface area contributed by atoms with Crippen LogP contribution in [-0.2, 0) is 36.9 Å². The molecule has 2 atom stereocenters. The van der Waals surface area contributed by atoms with Crippen molar-refractivity contribution < 1.29 is 28.7 Å². The fourth-order valence-corrected chi connectivity index (χ4v) is 5.48. The van der Waals surface area contributed by atoms with Crippen molar-refractivity contribution in [2.24, 2.45) is 0 Å². The van der Waals surface area contributed by atoms with E-state index in [1.807, 2.05) is 53.4 Å². The maximum Gasteiger partial charge on any atom is 0.408 e. The lowest BCUT2D eigenvalue weighted by Gasteiger charge is -2.29. The number of hydrogen-bond acceptors (Lipinski definition) is 7. The van der Waals surface area contributed by atoms with E-state index in [-0.39, 0.29) is 24.9 Å². The lowest BCUT2D eigenvalue weighted by Crippen LogP contribution is -2.59. The van der Waals surface area contributed by atoms with Crippen molar-refractivity contribution >= 4 is 29.6 Å². The number of nitrogens with zero attached hydrogens (tertiary/aromatic N) is 3. The summed E-state index contributed by atoms with van der Waals surface area (Å²) in [4.78, 5) is 59.4. The Hall–Kier alpha value is -4.71. The minimum atomic E-state index is -1.41. The average molecular weight is 675 g/mol. The summed E-state index contributed by atoms with van der Waals surface area (Å²) in [6.45, 7) is 9.74. The number of aryl methyl sites for hydroxylation is 1. The summed E-state index contributed by atoms with van der Waals surface area (Å²) in [6.07, 6.45) is 6.66. The van der Waals surface area contributed by atoms with Gasteiger partial charge in [0.25, 0.3) is 5.91 Å². The second kappa shape index (κ2) is 17.1. The molecule has 0 radical (unpaired) electrons. The monoisotopic (exact) mass is 674 g/mol. The summed E-state index contributed by atoms with van der Waals surface area (Å²) >= 11 is 0. The Kier molecular flexibility index (Phi) is 13.0. The van der Waals surface area contributed by atoms with E-state index >= 15 is 0 Å². The molecule has 3 N–H and O–H groups in total. The third-order valence-corrected chi connectivity index (χ3v) is 8.10. The molecule has 1 aliphatic rings. The average Bonchev–Trinajstić information content (AvgIpc) is 3.75. The number of amides is 4. The van der Waals surface area contributed by atoms with Crippen LogP contribution >= 0.6 is 0 Å². The van der Waals surface area contributed by atoms with Crippen LogP contribution in [0.4, 0.5) is 10.6 Å². The number of hydrogen-bond donors (Lipinski definition) is 3. The van der Waals surface area contributed by atoms with Crippen LogP contribution in [0.3, 0.4) is 0 Å². The smallest absolute Gasteiger partial charge is 0.408 e. The number of anilines is 1. The third kappa shape index (κ3) is 11.7. The highest BCUT2D eigenvalue weighted by Crippen LogP contribution is 2.23. The lowest BCUT2D eigenvalue weighted by molar-refractivity contribution is -0.134. The second-order valence-corrected chi connectivity index (χ2v) is 13.9. The van der Waals surface area contributed by atoms with Crippen LogP contribution in [0.25, 0.3) is 0 Å².